The Morgan fingerprint density at radius 1 is 1.00 bits per heavy atom. The van der Waals surface area contributed by atoms with Gasteiger partial charge >= 0.3 is 0 Å². The van der Waals surface area contributed by atoms with Gasteiger partial charge in [-0.2, -0.15) is 8.42 Å². The molecule has 0 saturated heterocycles. The van der Waals surface area contributed by atoms with E-state index in [4.69, 9.17) is 27.9 Å². The molecule has 0 aliphatic heterocycles. The van der Waals surface area contributed by atoms with E-state index in [-0.39, 0.29) is 5.75 Å². The third kappa shape index (κ3) is 5.70. The average Bonchev–Trinajstić information content (AvgIpc) is 2.68. The maximum absolute atomic E-state index is 12.0. The van der Waals surface area contributed by atoms with Crippen LogP contribution in [0.15, 0.2) is 54.6 Å². The lowest BCUT2D eigenvalue weighted by molar-refractivity contribution is 0.291. The van der Waals surface area contributed by atoms with Gasteiger partial charge in [-0.1, -0.05) is 53.5 Å². The van der Waals surface area contributed by atoms with Gasteiger partial charge in [0.15, 0.2) is 0 Å². The van der Waals surface area contributed by atoms with E-state index in [1.807, 2.05) is 30.3 Å². The van der Waals surface area contributed by atoms with Gasteiger partial charge in [-0.3, -0.25) is 4.18 Å². The molecule has 0 unspecified atom stereocenters. The van der Waals surface area contributed by atoms with Crippen LogP contribution in [-0.2, 0) is 26.7 Å². The zero-order chi connectivity index (χ0) is 21.0. The van der Waals surface area contributed by atoms with Crippen LogP contribution in [0.25, 0.3) is 11.3 Å². The Morgan fingerprint density at radius 2 is 1.66 bits per heavy atom. The van der Waals surface area contributed by atoms with E-state index in [0.29, 0.717) is 44.9 Å². The quantitative estimate of drug-likeness (QED) is 0.448. The van der Waals surface area contributed by atoms with Crippen LogP contribution in [0.2, 0.25) is 10.0 Å². The highest BCUT2D eigenvalue weighted by Gasteiger charge is 2.18. The zero-order valence-electron chi connectivity index (χ0n) is 15.9. The second-order valence-electron chi connectivity index (χ2n) is 6.40. The maximum Gasteiger partial charge on any atom is 0.271 e. The highest BCUT2D eigenvalue weighted by atomic mass is 35.5. The fourth-order valence-electron chi connectivity index (χ4n) is 2.75. The van der Waals surface area contributed by atoms with Gasteiger partial charge in [0.1, 0.15) is 12.4 Å². The van der Waals surface area contributed by atoms with E-state index >= 15 is 0 Å². The summed E-state index contributed by atoms with van der Waals surface area (Å²) in [6.07, 6.45) is 0. The third-order valence-corrected chi connectivity index (χ3v) is 5.91. The first-order valence-corrected chi connectivity index (χ1v) is 11.0. The van der Waals surface area contributed by atoms with Gasteiger partial charge in [-0.05, 0) is 42.3 Å². The first-order valence-electron chi connectivity index (χ1n) is 8.69. The smallest absolute Gasteiger partial charge is 0.271 e. The number of pyridine rings is 1. The summed E-state index contributed by atoms with van der Waals surface area (Å²) in [6.45, 7) is 2.06. The molecule has 1 aromatic heterocycles. The van der Waals surface area contributed by atoms with E-state index < -0.39 is 10.1 Å². The molecule has 1 heterocycles. The molecule has 2 aromatic carbocycles. The van der Waals surface area contributed by atoms with Gasteiger partial charge in [0.25, 0.3) is 10.1 Å². The molecule has 0 saturated carbocycles. The van der Waals surface area contributed by atoms with E-state index in [1.165, 1.54) is 0 Å². The van der Waals surface area contributed by atoms with Crippen LogP contribution >= 0.6 is 23.2 Å². The number of halogens is 2. The summed E-state index contributed by atoms with van der Waals surface area (Å²) < 4.78 is 34.6. The fraction of sp³-hybridized carbons (Fsp3) is 0.190. The Kier molecular flexibility index (Phi) is 6.80. The Balaban J connectivity index is 2.05. The van der Waals surface area contributed by atoms with Gasteiger partial charge in [-0.15, -0.1) is 0 Å². The summed E-state index contributed by atoms with van der Waals surface area (Å²) in [7, 11) is -2.59. The van der Waals surface area contributed by atoms with Gasteiger partial charge in [0, 0.05) is 21.2 Å². The summed E-state index contributed by atoms with van der Waals surface area (Å²) in [5.74, 6) is 0.0321. The second-order valence-corrected chi connectivity index (χ2v) is 9.01. The predicted molar refractivity (Wildman–Crippen MR) is 115 cm³/mol. The average molecular weight is 452 g/mol. The largest absolute Gasteiger partial charge is 0.473 e. The summed E-state index contributed by atoms with van der Waals surface area (Å²) in [4.78, 5) is 4.58. The van der Waals surface area contributed by atoms with E-state index in [9.17, 15) is 8.42 Å². The van der Waals surface area contributed by atoms with Crippen molar-refractivity contribution in [3.05, 3.63) is 81.3 Å². The maximum atomic E-state index is 12.0. The lowest BCUT2D eigenvalue weighted by atomic mass is 10.1. The molecular weight excluding hydrogens is 433 g/mol. The number of hydrogen-bond donors (Lipinski definition) is 0. The van der Waals surface area contributed by atoms with E-state index in [1.54, 1.807) is 31.2 Å². The Hall–Kier alpha value is -2.12. The van der Waals surface area contributed by atoms with Crippen molar-refractivity contribution in [2.24, 2.45) is 0 Å². The van der Waals surface area contributed by atoms with E-state index in [2.05, 4.69) is 9.17 Å². The van der Waals surface area contributed by atoms with Gasteiger partial charge in [-0.25, -0.2) is 4.98 Å². The molecule has 0 N–H and O–H groups in total. The van der Waals surface area contributed by atoms with E-state index in [0.717, 1.165) is 12.7 Å². The molecule has 5 nitrogen and oxygen atoms in total. The second kappa shape index (κ2) is 9.13. The number of nitrogens with zero attached hydrogens (tertiary/aromatic N) is 1. The lowest BCUT2D eigenvalue weighted by Gasteiger charge is -2.15. The zero-order valence-corrected chi connectivity index (χ0v) is 18.2. The van der Waals surface area contributed by atoms with Gasteiger partial charge < -0.3 is 4.74 Å². The van der Waals surface area contributed by atoms with Crippen LogP contribution in [0.5, 0.6) is 5.88 Å². The highest BCUT2D eigenvalue weighted by Crippen LogP contribution is 2.31. The predicted octanol–water partition coefficient (Wildman–Crippen LogP) is 5.42. The molecule has 152 valence electrons. The van der Waals surface area contributed by atoms with Crippen LogP contribution in [0.1, 0.15) is 16.7 Å². The molecule has 0 fully saturated rings. The summed E-state index contributed by atoms with van der Waals surface area (Å²) in [5.41, 5.74) is 3.28. The monoisotopic (exact) mass is 451 g/mol. The Morgan fingerprint density at radius 3 is 2.28 bits per heavy atom. The van der Waals surface area contributed by atoms with Crippen LogP contribution in [-0.4, -0.2) is 20.5 Å². The Labute approximate surface area is 180 Å². The van der Waals surface area contributed by atoms with Crippen molar-refractivity contribution in [1.29, 1.82) is 0 Å². The van der Waals surface area contributed by atoms with Crippen LogP contribution in [0, 0.1) is 6.92 Å². The van der Waals surface area contributed by atoms with Gasteiger partial charge in [0.2, 0.25) is 5.88 Å². The molecular formula is C21H19Cl2NO4S. The fourth-order valence-corrected chi connectivity index (χ4v) is 4.08. The number of ether oxygens (including phenoxy) is 1. The minimum atomic E-state index is -3.73. The topological polar surface area (TPSA) is 65.5 Å². The molecule has 3 aromatic rings. The van der Waals surface area contributed by atoms with Crippen molar-refractivity contribution in [2.75, 3.05) is 7.11 Å². The number of rotatable bonds is 7. The number of benzene rings is 2. The molecule has 0 aliphatic rings. The molecule has 0 atom stereocenters. The lowest BCUT2D eigenvalue weighted by Crippen LogP contribution is -2.09. The molecule has 0 aliphatic carbocycles. The molecule has 0 amide bonds. The van der Waals surface area contributed by atoms with Crippen molar-refractivity contribution in [3.63, 3.8) is 0 Å². The van der Waals surface area contributed by atoms with Gasteiger partial charge in [0.05, 0.1) is 12.8 Å². The molecule has 0 bridgehead atoms. The number of hydrogen-bond acceptors (Lipinski definition) is 5. The molecule has 3 rings (SSSR count). The molecule has 0 radical (unpaired) electrons. The van der Waals surface area contributed by atoms with Crippen LogP contribution < -0.4 is 4.74 Å². The first kappa shape index (κ1) is 21.6. The molecule has 29 heavy (non-hydrogen) atoms. The van der Waals surface area contributed by atoms with Crippen molar-refractivity contribution in [3.8, 4) is 17.1 Å². The third-order valence-electron chi connectivity index (χ3n) is 4.30. The van der Waals surface area contributed by atoms with Crippen molar-refractivity contribution >= 4 is 33.3 Å². The van der Waals surface area contributed by atoms with Crippen LogP contribution in [0.4, 0.5) is 0 Å². The van der Waals surface area contributed by atoms with Crippen molar-refractivity contribution < 1.29 is 17.3 Å². The van der Waals surface area contributed by atoms with Crippen molar-refractivity contribution in [2.45, 2.75) is 19.3 Å². The molecule has 0 spiro atoms. The summed E-state index contributed by atoms with van der Waals surface area (Å²) >= 11 is 12.2. The Bertz CT molecular complexity index is 1100. The normalized spacial score (nSPS) is 11.4. The summed E-state index contributed by atoms with van der Waals surface area (Å²) in [6, 6.07) is 16.3. The standard InChI is InChI=1S/C21H19Cl2NO4S/c1-14-17(13-29(25,26)27-2)10-20(16-8-18(22)11-19(23)9-16)24-21(14)28-12-15-6-4-3-5-7-15/h3-11H,12-13H2,1-2H3. The first-order chi connectivity index (χ1) is 13.8. The minimum Gasteiger partial charge on any atom is -0.473 e. The number of aromatic nitrogens is 1. The summed E-state index contributed by atoms with van der Waals surface area (Å²) in [5, 5.41) is 0.903. The molecule has 8 heteroatoms. The highest BCUT2D eigenvalue weighted by molar-refractivity contribution is 7.85. The van der Waals surface area contributed by atoms with Crippen LogP contribution in [0.3, 0.4) is 0 Å². The SMILES string of the molecule is COS(=O)(=O)Cc1cc(-c2cc(Cl)cc(Cl)c2)nc(OCc2ccccc2)c1C. The minimum absolute atomic E-state index is 0.297. The van der Waals surface area contributed by atoms with Crippen molar-refractivity contribution in [1.82, 2.24) is 4.98 Å².